The molecule has 1 aromatic carbocycles. The Bertz CT molecular complexity index is 982. The lowest BCUT2D eigenvalue weighted by Crippen LogP contribution is -2.42. The largest absolute Gasteiger partial charge is 0.481 e. The van der Waals surface area contributed by atoms with Gasteiger partial charge in [-0.15, -0.1) is 0 Å². The fraction of sp³-hybridized carbons (Fsp3) is 0.360. The first-order valence-electron chi connectivity index (χ1n) is 10.9. The second-order valence-corrected chi connectivity index (χ2v) is 8.18. The smallest absolute Gasteiger partial charge is 0.336 e. The second-order valence-electron chi connectivity index (χ2n) is 8.18. The van der Waals surface area contributed by atoms with Crippen molar-refractivity contribution in [2.45, 2.75) is 38.2 Å². The Morgan fingerprint density at radius 2 is 1.56 bits per heavy atom. The Morgan fingerprint density at radius 3 is 2.03 bits per heavy atom. The molecule has 0 bridgehead atoms. The molecule has 9 nitrogen and oxygen atoms in total. The fourth-order valence-electron chi connectivity index (χ4n) is 3.53. The van der Waals surface area contributed by atoms with Crippen molar-refractivity contribution in [3.63, 3.8) is 0 Å². The summed E-state index contributed by atoms with van der Waals surface area (Å²) in [4.78, 5) is 37.5. The highest BCUT2D eigenvalue weighted by molar-refractivity contribution is 5.88. The number of likely N-dealkylation sites (tertiary alicyclic amines) is 1. The van der Waals surface area contributed by atoms with E-state index in [1.807, 2.05) is 12.3 Å². The van der Waals surface area contributed by atoms with Crippen molar-refractivity contribution in [3.05, 3.63) is 71.6 Å². The van der Waals surface area contributed by atoms with E-state index in [4.69, 9.17) is 20.4 Å². The predicted octanol–water partition coefficient (Wildman–Crippen LogP) is 2.67. The normalized spacial score (nSPS) is 14.2. The van der Waals surface area contributed by atoms with E-state index >= 15 is 0 Å². The van der Waals surface area contributed by atoms with Gasteiger partial charge in [0.15, 0.2) is 5.60 Å². The molecule has 3 rings (SSSR count). The minimum absolute atomic E-state index is 1.01. The van der Waals surface area contributed by atoms with Crippen LogP contribution in [-0.2, 0) is 14.4 Å². The van der Waals surface area contributed by atoms with Crippen LogP contribution in [0, 0.1) is 6.92 Å². The second kappa shape index (κ2) is 12.6. The molecule has 0 atom stereocenters. The van der Waals surface area contributed by atoms with Crippen LogP contribution in [0.5, 0.6) is 0 Å². The van der Waals surface area contributed by atoms with E-state index in [0.717, 1.165) is 12.2 Å². The molecule has 0 aliphatic carbocycles. The van der Waals surface area contributed by atoms with E-state index in [1.165, 1.54) is 42.6 Å². The Morgan fingerprint density at radius 1 is 0.971 bits per heavy atom. The van der Waals surface area contributed by atoms with Crippen LogP contribution in [0.2, 0.25) is 0 Å². The van der Waals surface area contributed by atoms with Gasteiger partial charge in [0.25, 0.3) is 0 Å². The Labute approximate surface area is 198 Å². The van der Waals surface area contributed by atoms with Crippen LogP contribution in [-0.4, -0.2) is 73.5 Å². The molecule has 2 aromatic rings. The molecule has 0 saturated carbocycles. The molecule has 1 fully saturated rings. The molecule has 182 valence electrons. The van der Waals surface area contributed by atoms with Crippen molar-refractivity contribution in [2.24, 2.45) is 0 Å². The molecule has 34 heavy (non-hydrogen) atoms. The zero-order valence-electron chi connectivity index (χ0n) is 19.1. The van der Waals surface area contributed by atoms with Gasteiger partial charge in [0.1, 0.15) is 0 Å². The third-order valence-electron chi connectivity index (χ3n) is 5.34. The number of carbonyl (C=O) groups is 3. The summed E-state index contributed by atoms with van der Waals surface area (Å²) in [5, 5.41) is 33.8. The number of benzene rings is 1. The highest BCUT2D eigenvalue weighted by Crippen LogP contribution is 2.22. The number of hydrogen-bond acceptors (Lipinski definition) is 6. The molecule has 4 N–H and O–H groups in total. The highest BCUT2D eigenvalue weighted by atomic mass is 16.4. The molecule has 0 amide bonds. The van der Waals surface area contributed by atoms with Crippen LogP contribution in [0.25, 0.3) is 5.57 Å². The molecule has 1 saturated heterocycles. The molecule has 9 heteroatoms. The average molecular weight is 471 g/mol. The predicted molar refractivity (Wildman–Crippen MR) is 125 cm³/mol. The number of nitrogens with zero attached hydrogens (tertiary/aromatic N) is 2. The van der Waals surface area contributed by atoms with Crippen molar-refractivity contribution < 1.29 is 34.8 Å². The van der Waals surface area contributed by atoms with Gasteiger partial charge in [-0.2, -0.15) is 0 Å². The van der Waals surface area contributed by atoms with Crippen molar-refractivity contribution >= 4 is 23.5 Å². The summed E-state index contributed by atoms with van der Waals surface area (Å²) in [5.74, 6) is -5.02. The molecule has 0 spiro atoms. The topological polar surface area (TPSA) is 148 Å². The Balaban J connectivity index is 0.000000273. The van der Waals surface area contributed by atoms with Crippen LogP contribution < -0.4 is 0 Å². The van der Waals surface area contributed by atoms with Crippen LogP contribution in [0.15, 0.2) is 54.7 Å². The van der Waals surface area contributed by atoms with Gasteiger partial charge in [-0.1, -0.05) is 42.0 Å². The van der Waals surface area contributed by atoms with Crippen LogP contribution in [0.3, 0.4) is 0 Å². The van der Waals surface area contributed by atoms with Gasteiger partial charge in [0, 0.05) is 18.3 Å². The van der Waals surface area contributed by atoms with Crippen molar-refractivity contribution in [1.29, 1.82) is 0 Å². The SMILES string of the molecule is Cc1ccc(/C(=C\CN2CCCC2)c2ccccn2)cc1.O=C(O)CC(O)(CC(=O)O)C(=O)O. The minimum atomic E-state index is -2.74. The minimum Gasteiger partial charge on any atom is -0.481 e. The van der Waals surface area contributed by atoms with Crippen LogP contribution in [0.4, 0.5) is 0 Å². The van der Waals surface area contributed by atoms with Crippen LogP contribution in [0.1, 0.15) is 42.5 Å². The summed E-state index contributed by atoms with van der Waals surface area (Å²) in [6.07, 6.45) is 4.57. The Kier molecular flexibility index (Phi) is 9.91. The first-order chi connectivity index (χ1) is 16.1. The number of carboxylic acid groups (broad SMARTS) is 3. The summed E-state index contributed by atoms with van der Waals surface area (Å²) in [5.41, 5.74) is 2.10. The lowest BCUT2D eigenvalue weighted by molar-refractivity contribution is -0.170. The third-order valence-corrected chi connectivity index (χ3v) is 5.34. The summed E-state index contributed by atoms with van der Waals surface area (Å²) in [6.45, 7) is 5.58. The molecule has 0 unspecified atom stereocenters. The maximum Gasteiger partial charge on any atom is 0.336 e. The summed E-state index contributed by atoms with van der Waals surface area (Å²) in [7, 11) is 0. The van der Waals surface area contributed by atoms with E-state index < -0.39 is 36.4 Å². The maximum atomic E-state index is 10.3. The van der Waals surface area contributed by atoms with Gasteiger partial charge < -0.3 is 20.4 Å². The first kappa shape index (κ1) is 26.7. The van der Waals surface area contributed by atoms with Gasteiger partial charge in [0.2, 0.25) is 0 Å². The number of aliphatic hydroxyl groups is 1. The van der Waals surface area contributed by atoms with Gasteiger partial charge >= 0.3 is 17.9 Å². The molecule has 1 aliphatic rings. The molecular weight excluding hydrogens is 440 g/mol. The number of carboxylic acids is 3. The number of aryl methyl sites for hydroxylation is 1. The number of pyridine rings is 1. The lowest BCUT2D eigenvalue weighted by Gasteiger charge is -2.18. The standard InChI is InChI=1S/C19H22N2.C6H8O7/c1-16-7-9-17(10-8-16)18(19-6-2-3-12-20-19)11-15-21-13-4-5-14-21;7-3(8)1-6(13,5(11)12)2-4(9)10/h2-3,6-12H,4-5,13-15H2,1H3;13H,1-2H2,(H,7,8)(H,9,10)(H,11,12)/b18-11+;. The number of rotatable bonds is 9. The van der Waals surface area contributed by atoms with E-state index in [2.05, 4.69) is 59.3 Å². The Hall–Kier alpha value is -3.56. The quantitative estimate of drug-likeness (QED) is 0.434. The van der Waals surface area contributed by atoms with E-state index in [-0.39, 0.29) is 0 Å². The van der Waals surface area contributed by atoms with Crippen molar-refractivity contribution in [3.8, 4) is 0 Å². The number of aliphatic carboxylic acids is 3. The van der Waals surface area contributed by atoms with Gasteiger partial charge in [-0.3, -0.25) is 19.5 Å². The van der Waals surface area contributed by atoms with E-state index in [1.54, 1.807) is 0 Å². The van der Waals surface area contributed by atoms with Gasteiger partial charge in [0.05, 0.1) is 18.5 Å². The molecule has 1 aliphatic heterocycles. The van der Waals surface area contributed by atoms with Crippen molar-refractivity contribution in [1.82, 2.24) is 9.88 Å². The zero-order valence-corrected chi connectivity index (χ0v) is 19.1. The maximum absolute atomic E-state index is 10.3. The number of hydrogen-bond donors (Lipinski definition) is 4. The molecule has 2 heterocycles. The summed E-state index contributed by atoms with van der Waals surface area (Å²) in [6, 6.07) is 14.8. The molecule has 0 radical (unpaired) electrons. The highest BCUT2D eigenvalue weighted by Gasteiger charge is 2.40. The van der Waals surface area contributed by atoms with Gasteiger partial charge in [-0.05, 0) is 50.6 Å². The zero-order chi connectivity index (χ0) is 25.1. The van der Waals surface area contributed by atoms with E-state index in [0.29, 0.717) is 0 Å². The number of aromatic nitrogens is 1. The first-order valence-corrected chi connectivity index (χ1v) is 10.9. The van der Waals surface area contributed by atoms with E-state index in [9.17, 15) is 14.4 Å². The molecular formula is C25H30N2O7. The monoisotopic (exact) mass is 470 g/mol. The molecule has 1 aromatic heterocycles. The fourth-order valence-corrected chi connectivity index (χ4v) is 3.53. The summed E-state index contributed by atoms with van der Waals surface area (Å²) < 4.78 is 0. The average Bonchev–Trinajstić information content (AvgIpc) is 3.29. The lowest BCUT2D eigenvalue weighted by atomic mass is 9.96. The summed E-state index contributed by atoms with van der Waals surface area (Å²) >= 11 is 0. The van der Waals surface area contributed by atoms with Crippen LogP contribution >= 0.6 is 0 Å². The van der Waals surface area contributed by atoms with Crippen molar-refractivity contribution in [2.75, 3.05) is 19.6 Å². The third kappa shape index (κ3) is 8.42. The van der Waals surface area contributed by atoms with Gasteiger partial charge in [-0.25, -0.2) is 4.79 Å².